The number of nitrogens with zero attached hydrogens (tertiary/aromatic N) is 4. The Morgan fingerprint density at radius 2 is 2.04 bits per heavy atom. The van der Waals surface area contributed by atoms with Crippen LogP contribution in [0.2, 0.25) is 0 Å². The van der Waals surface area contributed by atoms with Crippen LogP contribution in [-0.4, -0.2) is 84.5 Å². The Hall–Kier alpha value is -0.860. The van der Waals surface area contributed by atoms with Gasteiger partial charge in [-0.15, -0.1) is 24.8 Å². The molecule has 0 spiro atoms. The van der Waals surface area contributed by atoms with E-state index in [4.69, 9.17) is 4.74 Å². The van der Waals surface area contributed by atoms with Crippen molar-refractivity contribution in [2.24, 2.45) is 18.9 Å². The van der Waals surface area contributed by atoms with Crippen LogP contribution >= 0.6 is 24.8 Å². The van der Waals surface area contributed by atoms with Crippen LogP contribution in [0, 0.1) is 11.8 Å². The van der Waals surface area contributed by atoms with E-state index in [0.29, 0.717) is 11.8 Å². The number of hydrogen-bond donors (Lipinski definition) is 1. The smallest absolute Gasteiger partial charge is 0.227 e. The first-order valence-corrected chi connectivity index (χ1v) is 9.49. The zero-order chi connectivity index (χ0) is 17.2. The maximum absolute atomic E-state index is 13.1. The normalized spacial score (nSPS) is 28.6. The second kappa shape index (κ2) is 10.1. The summed E-state index contributed by atoms with van der Waals surface area (Å²) in [5, 5.41) is 7.67. The van der Waals surface area contributed by atoms with Crippen molar-refractivity contribution >= 4 is 30.7 Å². The molecular formula is C18H31Cl2N5O2. The van der Waals surface area contributed by atoms with Gasteiger partial charge in [0.2, 0.25) is 5.91 Å². The van der Waals surface area contributed by atoms with Crippen molar-refractivity contribution in [1.29, 1.82) is 0 Å². The second-order valence-corrected chi connectivity index (χ2v) is 7.67. The van der Waals surface area contributed by atoms with E-state index in [1.165, 1.54) is 12.0 Å². The lowest BCUT2D eigenvalue weighted by molar-refractivity contribution is -0.137. The maximum Gasteiger partial charge on any atom is 0.227 e. The molecule has 1 aromatic rings. The molecule has 3 aliphatic heterocycles. The van der Waals surface area contributed by atoms with Gasteiger partial charge in [0.1, 0.15) is 0 Å². The van der Waals surface area contributed by atoms with Gasteiger partial charge < -0.3 is 15.0 Å². The number of ether oxygens (including phenoxy) is 1. The Morgan fingerprint density at radius 3 is 2.67 bits per heavy atom. The largest absolute Gasteiger partial charge is 0.381 e. The molecule has 1 amide bonds. The number of aromatic nitrogens is 2. The molecule has 0 aliphatic carbocycles. The third kappa shape index (κ3) is 5.15. The Balaban J connectivity index is 0.00000131. The number of halogens is 2. The molecular weight excluding hydrogens is 389 g/mol. The van der Waals surface area contributed by atoms with Gasteiger partial charge in [-0.3, -0.25) is 14.4 Å². The summed E-state index contributed by atoms with van der Waals surface area (Å²) in [4.78, 5) is 17.6. The number of piperazine rings is 1. The van der Waals surface area contributed by atoms with E-state index in [1.54, 1.807) is 0 Å². The van der Waals surface area contributed by atoms with Crippen LogP contribution in [0.4, 0.5) is 0 Å². The number of aryl methyl sites for hydroxylation is 1. The highest BCUT2D eigenvalue weighted by Crippen LogP contribution is 2.29. The van der Waals surface area contributed by atoms with Crippen LogP contribution in [0.1, 0.15) is 17.9 Å². The monoisotopic (exact) mass is 419 g/mol. The Labute approximate surface area is 173 Å². The summed E-state index contributed by atoms with van der Waals surface area (Å²) in [6.45, 7) is 8.24. The SMILES string of the molecule is Cl.Cl.Cn1cc([C@H]2CNC[C@@H]2C(=O)N2CCN(CC3CCOC3)CC2)cn1. The molecule has 3 atom stereocenters. The molecule has 1 N–H and O–H groups in total. The highest BCUT2D eigenvalue weighted by molar-refractivity contribution is 5.85. The van der Waals surface area contributed by atoms with Gasteiger partial charge in [-0.1, -0.05) is 0 Å². The van der Waals surface area contributed by atoms with E-state index in [-0.39, 0.29) is 36.6 Å². The van der Waals surface area contributed by atoms with Crippen LogP contribution in [0.5, 0.6) is 0 Å². The lowest BCUT2D eigenvalue weighted by Gasteiger charge is -2.37. The maximum atomic E-state index is 13.1. The lowest BCUT2D eigenvalue weighted by Crippen LogP contribution is -2.52. The minimum absolute atomic E-state index is 0. The third-order valence-electron chi connectivity index (χ3n) is 5.91. The van der Waals surface area contributed by atoms with Gasteiger partial charge in [-0.25, -0.2) is 0 Å². The molecule has 9 heteroatoms. The van der Waals surface area contributed by atoms with Crippen LogP contribution in [0.25, 0.3) is 0 Å². The Kier molecular flexibility index (Phi) is 8.37. The van der Waals surface area contributed by atoms with Crippen molar-refractivity contribution in [3.63, 3.8) is 0 Å². The van der Waals surface area contributed by atoms with E-state index in [0.717, 1.165) is 59.0 Å². The zero-order valence-corrected chi connectivity index (χ0v) is 17.5. The number of hydrogen-bond acceptors (Lipinski definition) is 5. The summed E-state index contributed by atoms with van der Waals surface area (Å²) in [6, 6.07) is 0. The highest BCUT2D eigenvalue weighted by Gasteiger charge is 2.38. The van der Waals surface area contributed by atoms with Gasteiger partial charge >= 0.3 is 0 Å². The number of carbonyl (C=O) groups excluding carboxylic acids is 1. The van der Waals surface area contributed by atoms with E-state index >= 15 is 0 Å². The number of rotatable bonds is 4. The predicted molar refractivity (Wildman–Crippen MR) is 109 cm³/mol. The molecule has 27 heavy (non-hydrogen) atoms. The van der Waals surface area contributed by atoms with Crippen molar-refractivity contribution in [3.05, 3.63) is 18.0 Å². The highest BCUT2D eigenvalue weighted by atomic mass is 35.5. The van der Waals surface area contributed by atoms with Crippen molar-refractivity contribution in [3.8, 4) is 0 Å². The van der Waals surface area contributed by atoms with E-state index < -0.39 is 0 Å². The molecule has 0 saturated carbocycles. The number of amides is 1. The van der Waals surface area contributed by atoms with E-state index in [1.807, 2.05) is 24.1 Å². The summed E-state index contributed by atoms with van der Waals surface area (Å²) >= 11 is 0. The van der Waals surface area contributed by atoms with Gasteiger partial charge in [0.25, 0.3) is 0 Å². The molecule has 3 aliphatic rings. The molecule has 4 rings (SSSR count). The van der Waals surface area contributed by atoms with Gasteiger partial charge in [0.05, 0.1) is 18.7 Å². The van der Waals surface area contributed by atoms with Gasteiger partial charge in [0.15, 0.2) is 0 Å². The Bertz CT molecular complexity index is 600. The second-order valence-electron chi connectivity index (χ2n) is 7.67. The Morgan fingerprint density at radius 1 is 1.26 bits per heavy atom. The van der Waals surface area contributed by atoms with E-state index in [2.05, 4.69) is 20.2 Å². The minimum Gasteiger partial charge on any atom is -0.381 e. The average Bonchev–Trinajstić information content (AvgIpc) is 3.36. The quantitative estimate of drug-likeness (QED) is 0.779. The van der Waals surface area contributed by atoms with Crippen LogP contribution in [0.3, 0.4) is 0 Å². The zero-order valence-electron chi connectivity index (χ0n) is 15.9. The summed E-state index contributed by atoms with van der Waals surface area (Å²) in [5.74, 6) is 1.27. The fourth-order valence-electron chi connectivity index (χ4n) is 4.40. The van der Waals surface area contributed by atoms with Gasteiger partial charge in [0, 0.05) is 71.6 Å². The average molecular weight is 420 g/mol. The van der Waals surface area contributed by atoms with Crippen molar-refractivity contribution in [2.75, 3.05) is 59.0 Å². The molecule has 4 heterocycles. The summed E-state index contributed by atoms with van der Waals surface area (Å²) < 4.78 is 7.30. The standard InChI is InChI=1S/C18H29N5O2.2ClH/c1-21-12-15(8-20-21)16-9-19-10-17(16)18(24)23-5-3-22(4-6-23)11-14-2-7-25-13-14;;/h8,12,14,16-17,19H,2-7,9-11,13H2,1H3;2*1H/t14?,16-,17+;;/m1../s1. The van der Waals surface area contributed by atoms with Gasteiger partial charge in [-0.05, 0) is 17.9 Å². The van der Waals surface area contributed by atoms with Crippen LogP contribution in [-0.2, 0) is 16.6 Å². The topological polar surface area (TPSA) is 62.6 Å². The molecule has 0 aromatic carbocycles. The van der Waals surface area contributed by atoms with Gasteiger partial charge in [-0.2, -0.15) is 5.10 Å². The fourth-order valence-corrected chi connectivity index (χ4v) is 4.40. The first-order valence-electron chi connectivity index (χ1n) is 9.49. The molecule has 7 nitrogen and oxygen atoms in total. The summed E-state index contributed by atoms with van der Waals surface area (Å²) in [7, 11) is 1.93. The van der Waals surface area contributed by atoms with Crippen molar-refractivity contribution in [2.45, 2.75) is 12.3 Å². The fraction of sp³-hybridized carbons (Fsp3) is 0.778. The molecule has 3 fully saturated rings. The summed E-state index contributed by atoms with van der Waals surface area (Å²) in [5.41, 5.74) is 1.17. The molecule has 1 aromatic heterocycles. The van der Waals surface area contributed by atoms with Crippen LogP contribution < -0.4 is 5.32 Å². The minimum atomic E-state index is 0. The predicted octanol–water partition coefficient (Wildman–Crippen LogP) is 0.747. The molecule has 0 bridgehead atoms. The van der Waals surface area contributed by atoms with Crippen molar-refractivity contribution in [1.82, 2.24) is 24.9 Å². The van der Waals surface area contributed by atoms with Crippen molar-refractivity contribution < 1.29 is 9.53 Å². The molecule has 1 unspecified atom stereocenters. The van der Waals surface area contributed by atoms with E-state index in [9.17, 15) is 4.79 Å². The molecule has 3 saturated heterocycles. The van der Waals surface area contributed by atoms with Crippen LogP contribution in [0.15, 0.2) is 12.4 Å². The first kappa shape index (κ1) is 22.4. The lowest BCUT2D eigenvalue weighted by atomic mass is 9.89. The third-order valence-corrected chi connectivity index (χ3v) is 5.91. The first-order chi connectivity index (χ1) is 12.2. The number of carbonyl (C=O) groups is 1. The summed E-state index contributed by atoms with van der Waals surface area (Å²) in [6.07, 6.45) is 5.12. The number of nitrogens with one attached hydrogen (secondary N) is 1. The molecule has 154 valence electrons. The molecule has 0 radical (unpaired) electrons.